The van der Waals surface area contributed by atoms with Crippen LogP contribution in [0.1, 0.15) is 19.5 Å². The third kappa shape index (κ3) is 4.79. The topological polar surface area (TPSA) is 48.3 Å². The average molecular weight is 289 g/mol. The summed E-state index contributed by atoms with van der Waals surface area (Å²) < 4.78 is 13.0. The molecule has 0 aliphatic heterocycles. The SMILES string of the molecule is COc1ccccc1OCCn1cnc(CNC(C)C)c1. The molecule has 1 heterocycles. The molecule has 5 nitrogen and oxygen atoms in total. The van der Waals surface area contributed by atoms with Crippen LogP contribution in [0.3, 0.4) is 0 Å². The van der Waals surface area contributed by atoms with Crippen LogP contribution in [0.4, 0.5) is 0 Å². The monoisotopic (exact) mass is 289 g/mol. The normalized spacial score (nSPS) is 10.9. The number of aromatic nitrogens is 2. The number of imidazole rings is 1. The summed E-state index contributed by atoms with van der Waals surface area (Å²) in [7, 11) is 1.64. The molecule has 0 saturated carbocycles. The van der Waals surface area contributed by atoms with Crippen LogP contribution in [0.2, 0.25) is 0 Å². The molecular formula is C16H23N3O2. The van der Waals surface area contributed by atoms with Gasteiger partial charge in [0.05, 0.1) is 25.7 Å². The van der Waals surface area contributed by atoms with E-state index in [1.165, 1.54) is 0 Å². The zero-order chi connectivity index (χ0) is 15.1. The van der Waals surface area contributed by atoms with Crippen LogP contribution in [0, 0.1) is 0 Å². The molecule has 1 aromatic heterocycles. The van der Waals surface area contributed by atoms with Crippen molar-refractivity contribution < 1.29 is 9.47 Å². The van der Waals surface area contributed by atoms with Crippen molar-refractivity contribution in [2.75, 3.05) is 13.7 Å². The molecule has 0 saturated heterocycles. The number of hydrogen-bond acceptors (Lipinski definition) is 4. The van der Waals surface area contributed by atoms with Crippen LogP contribution >= 0.6 is 0 Å². The minimum Gasteiger partial charge on any atom is -0.493 e. The Morgan fingerprint density at radius 1 is 1.24 bits per heavy atom. The second kappa shape index (κ2) is 7.69. The lowest BCUT2D eigenvalue weighted by atomic mass is 10.3. The summed E-state index contributed by atoms with van der Waals surface area (Å²) in [4.78, 5) is 4.37. The molecule has 0 bridgehead atoms. The van der Waals surface area contributed by atoms with Gasteiger partial charge in [0.1, 0.15) is 6.61 Å². The Morgan fingerprint density at radius 3 is 2.71 bits per heavy atom. The molecule has 1 N–H and O–H groups in total. The van der Waals surface area contributed by atoms with E-state index in [1.807, 2.05) is 41.4 Å². The van der Waals surface area contributed by atoms with Gasteiger partial charge in [0.15, 0.2) is 11.5 Å². The molecule has 0 aliphatic carbocycles. The second-order valence-electron chi connectivity index (χ2n) is 5.14. The number of ether oxygens (including phenoxy) is 2. The minimum atomic E-state index is 0.462. The van der Waals surface area contributed by atoms with E-state index in [0.29, 0.717) is 12.6 Å². The Balaban J connectivity index is 1.81. The minimum absolute atomic E-state index is 0.462. The molecule has 21 heavy (non-hydrogen) atoms. The summed E-state index contributed by atoms with van der Waals surface area (Å²) in [5.41, 5.74) is 1.04. The van der Waals surface area contributed by atoms with Gasteiger partial charge < -0.3 is 19.4 Å². The van der Waals surface area contributed by atoms with Crippen LogP contribution in [-0.4, -0.2) is 29.3 Å². The molecule has 1 aromatic carbocycles. The van der Waals surface area contributed by atoms with E-state index in [1.54, 1.807) is 7.11 Å². The average Bonchev–Trinajstić information content (AvgIpc) is 2.93. The Kier molecular flexibility index (Phi) is 5.63. The fraction of sp³-hybridized carbons (Fsp3) is 0.438. The van der Waals surface area contributed by atoms with E-state index < -0.39 is 0 Å². The van der Waals surface area contributed by atoms with Gasteiger partial charge in [-0.3, -0.25) is 0 Å². The summed E-state index contributed by atoms with van der Waals surface area (Å²) in [5, 5.41) is 3.35. The highest BCUT2D eigenvalue weighted by molar-refractivity contribution is 5.39. The van der Waals surface area contributed by atoms with E-state index in [4.69, 9.17) is 9.47 Å². The largest absolute Gasteiger partial charge is 0.493 e. The highest BCUT2D eigenvalue weighted by Crippen LogP contribution is 2.25. The lowest BCUT2D eigenvalue weighted by molar-refractivity contribution is 0.279. The van der Waals surface area contributed by atoms with E-state index in [2.05, 4.69) is 24.1 Å². The molecule has 0 atom stereocenters. The van der Waals surface area contributed by atoms with Crippen LogP contribution in [0.15, 0.2) is 36.8 Å². The number of rotatable bonds is 8. The predicted molar refractivity (Wildman–Crippen MR) is 82.7 cm³/mol. The predicted octanol–water partition coefficient (Wildman–Crippen LogP) is 2.47. The maximum Gasteiger partial charge on any atom is 0.161 e. The third-order valence-electron chi connectivity index (χ3n) is 3.05. The molecule has 0 fully saturated rings. The van der Waals surface area contributed by atoms with Crippen molar-refractivity contribution in [2.24, 2.45) is 0 Å². The van der Waals surface area contributed by atoms with Crippen LogP contribution in [0.25, 0.3) is 0 Å². The highest BCUT2D eigenvalue weighted by atomic mass is 16.5. The van der Waals surface area contributed by atoms with Crippen molar-refractivity contribution in [3.8, 4) is 11.5 Å². The number of nitrogens with one attached hydrogen (secondary N) is 1. The maximum atomic E-state index is 5.75. The Hall–Kier alpha value is -2.01. The van der Waals surface area contributed by atoms with Crippen molar-refractivity contribution >= 4 is 0 Å². The highest BCUT2D eigenvalue weighted by Gasteiger charge is 2.03. The first-order valence-corrected chi connectivity index (χ1v) is 7.19. The first-order chi connectivity index (χ1) is 10.2. The van der Waals surface area contributed by atoms with Crippen molar-refractivity contribution in [1.82, 2.24) is 14.9 Å². The number of hydrogen-bond donors (Lipinski definition) is 1. The third-order valence-corrected chi connectivity index (χ3v) is 3.05. The van der Waals surface area contributed by atoms with Crippen LogP contribution < -0.4 is 14.8 Å². The Bertz CT molecular complexity index is 552. The summed E-state index contributed by atoms with van der Waals surface area (Å²) in [6.45, 7) is 6.37. The fourth-order valence-corrected chi connectivity index (χ4v) is 1.93. The Labute approximate surface area is 125 Å². The maximum absolute atomic E-state index is 5.75. The van der Waals surface area contributed by atoms with Crippen LogP contribution in [0.5, 0.6) is 11.5 Å². The van der Waals surface area contributed by atoms with Gasteiger partial charge in [0, 0.05) is 18.8 Å². The quantitative estimate of drug-likeness (QED) is 0.811. The summed E-state index contributed by atoms with van der Waals surface area (Å²) in [6.07, 6.45) is 3.88. The molecule has 0 amide bonds. The van der Waals surface area contributed by atoms with Gasteiger partial charge >= 0.3 is 0 Å². The number of benzene rings is 1. The van der Waals surface area contributed by atoms with E-state index in [0.717, 1.165) is 30.3 Å². The first-order valence-electron chi connectivity index (χ1n) is 7.19. The zero-order valence-electron chi connectivity index (χ0n) is 12.9. The molecule has 114 valence electrons. The van der Waals surface area contributed by atoms with Crippen LogP contribution in [-0.2, 0) is 13.1 Å². The second-order valence-corrected chi connectivity index (χ2v) is 5.14. The lowest BCUT2D eigenvalue weighted by Gasteiger charge is -2.10. The van der Waals surface area contributed by atoms with Gasteiger partial charge in [-0.25, -0.2) is 4.98 Å². The lowest BCUT2D eigenvalue weighted by Crippen LogP contribution is -2.21. The first kappa shape index (κ1) is 15.4. The Morgan fingerprint density at radius 2 is 2.00 bits per heavy atom. The molecule has 2 rings (SSSR count). The van der Waals surface area contributed by atoms with Gasteiger partial charge in [0.25, 0.3) is 0 Å². The van der Waals surface area contributed by atoms with Crippen molar-refractivity contribution in [3.63, 3.8) is 0 Å². The van der Waals surface area contributed by atoms with E-state index in [-0.39, 0.29) is 0 Å². The molecule has 0 aliphatic rings. The number of nitrogens with zero attached hydrogens (tertiary/aromatic N) is 2. The van der Waals surface area contributed by atoms with Crippen molar-refractivity contribution in [1.29, 1.82) is 0 Å². The smallest absolute Gasteiger partial charge is 0.161 e. The van der Waals surface area contributed by atoms with E-state index in [9.17, 15) is 0 Å². The van der Waals surface area contributed by atoms with Gasteiger partial charge in [-0.2, -0.15) is 0 Å². The van der Waals surface area contributed by atoms with Gasteiger partial charge in [-0.1, -0.05) is 26.0 Å². The summed E-state index contributed by atoms with van der Waals surface area (Å²) in [5.74, 6) is 1.52. The summed E-state index contributed by atoms with van der Waals surface area (Å²) >= 11 is 0. The van der Waals surface area contributed by atoms with Crippen molar-refractivity contribution in [2.45, 2.75) is 33.0 Å². The zero-order valence-corrected chi connectivity index (χ0v) is 12.9. The molecule has 0 radical (unpaired) electrons. The molecule has 0 spiro atoms. The van der Waals surface area contributed by atoms with Crippen molar-refractivity contribution in [3.05, 3.63) is 42.5 Å². The molecule has 2 aromatic rings. The number of para-hydroxylation sites is 2. The standard InChI is InChI=1S/C16H23N3O2/c1-13(2)17-10-14-11-19(12-18-14)8-9-21-16-7-5-4-6-15(16)20-3/h4-7,11-13,17H,8-10H2,1-3H3. The van der Waals surface area contributed by atoms with E-state index >= 15 is 0 Å². The fourth-order valence-electron chi connectivity index (χ4n) is 1.93. The van der Waals surface area contributed by atoms with Gasteiger partial charge in [0.2, 0.25) is 0 Å². The molecular weight excluding hydrogens is 266 g/mol. The summed E-state index contributed by atoms with van der Waals surface area (Å²) in [6, 6.07) is 8.12. The van der Waals surface area contributed by atoms with Gasteiger partial charge in [-0.15, -0.1) is 0 Å². The molecule has 5 heteroatoms. The molecule has 0 unspecified atom stereocenters. The number of methoxy groups -OCH3 is 1. The van der Waals surface area contributed by atoms with Gasteiger partial charge in [-0.05, 0) is 12.1 Å².